The average molecular weight is 371 g/mol. The predicted molar refractivity (Wildman–Crippen MR) is 101 cm³/mol. The Morgan fingerprint density at radius 3 is 2.96 bits per heavy atom. The Morgan fingerprint density at radius 2 is 2.16 bits per heavy atom. The van der Waals surface area contributed by atoms with E-state index in [1.54, 1.807) is 28.4 Å². The molecule has 6 nitrogen and oxygen atoms in total. The van der Waals surface area contributed by atoms with E-state index in [1.165, 1.54) is 0 Å². The topological polar surface area (TPSA) is 63.1 Å². The largest absolute Gasteiger partial charge is 0.322 e. The van der Waals surface area contributed by atoms with Crippen LogP contribution in [0.15, 0.2) is 54.3 Å². The van der Waals surface area contributed by atoms with Crippen molar-refractivity contribution in [1.82, 2.24) is 19.7 Å². The van der Waals surface area contributed by atoms with Gasteiger partial charge in [0.05, 0.1) is 17.4 Å². The Labute approximate surface area is 153 Å². The molecule has 0 saturated carbocycles. The highest BCUT2D eigenvalue weighted by atomic mass is 32.2. The summed E-state index contributed by atoms with van der Waals surface area (Å²) in [4.78, 5) is 19.2. The van der Waals surface area contributed by atoms with E-state index in [0.717, 1.165) is 27.9 Å². The van der Waals surface area contributed by atoms with Crippen LogP contribution in [0.5, 0.6) is 0 Å². The maximum Gasteiger partial charge on any atom is 0.322 e. The van der Waals surface area contributed by atoms with Crippen LogP contribution >= 0.6 is 23.1 Å². The third-order valence-corrected chi connectivity index (χ3v) is 5.92. The number of thioether (sulfide) groups is 1. The first kappa shape index (κ1) is 16.2. The molecular weight excluding hydrogens is 354 g/mol. The molecule has 2 amide bonds. The van der Waals surface area contributed by atoms with Gasteiger partial charge >= 0.3 is 6.03 Å². The van der Waals surface area contributed by atoms with Crippen molar-refractivity contribution >= 4 is 34.8 Å². The number of nitrogens with one attached hydrogen (secondary N) is 1. The Morgan fingerprint density at radius 1 is 1.24 bits per heavy atom. The molecule has 1 fully saturated rings. The van der Waals surface area contributed by atoms with Gasteiger partial charge in [0.15, 0.2) is 0 Å². The maximum atomic E-state index is 12.9. The van der Waals surface area contributed by atoms with Gasteiger partial charge in [-0.1, -0.05) is 12.1 Å². The van der Waals surface area contributed by atoms with E-state index in [2.05, 4.69) is 15.4 Å². The van der Waals surface area contributed by atoms with Crippen molar-refractivity contribution in [1.29, 1.82) is 0 Å². The Bertz CT molecular complexity index is 835. The number of carbonyl (C=O) groups excluding carboxylic acids is 1. The van der Waals surface area contributed by atoms with Crippen molar-refractivity contribution in [2.45, 2.75) is 6.04 Å². The van der Waals surface area contributed by atoms with Crippen LogP contribution in [0.25, 0.3) is 5.69 Å². The summed E-state index contributed by atoms with van der Waals surface area (Å²) in [5.41, 5.74) is 1.59. The number of hydrogen-bond donors (Lipinski definition) is 1. The molecule has 1 unspecified atom stereocenters. The first-order valence-corrected chi connectivity index (χ1v) is 10.00. The maximum absolute atomic E-state index is 12.9. The van der Waals surface area contributed by atoms with Gasteiger partial charge in [-0.25, -0.2) is 14.5 Å². The van der Waals surface area contributed by atoms with Gasteiger partial charge in [-0.15, -0.1) is 11.3 Å². The monoisotopic (exact) mass is 371 g/mol. The molecule has 1 aliphatic rings. The fourth-order valence-corrected chi connectivity index (χ4v) is 4.74. The van der Waals surface area contributed by atoms with Gasteiger partial charge in [0.25, 0.3) is 0 Å². The second-order valence-electron chi connectivity index (χ2n) is 5.55. The Balaban J connectivity index is 1.57. The highest BCUT2D eigenvalue weighted by Crippen LogP contribution is 2.31. The first-order valence-electron chi connectivity index (χ1n) is 7.97. The van der Waals surface area contributed by atoms with Gasteiger partial charge < -0.3 is 10.2 Å². The van der Waals surface area contributed by atoms with E-state index in [4.69, 9.17) is 0 Å². The predicted octanol–water partition coefficient (Wildman–Crippen LogP) is 3.65. The Kier molecular flexibility index (Phi) is 4.71. The van der Waals surface area contributed by atoms with Gasteiger partial charge in [0, 0.05) is 42.0 Å². The number of nitrogens with zero attached hydrogens (tertiary/aromatic N) is 4. The lowest BCUT2D eigenvalue weighted by Gasteiger charge is -2.34. The molecule has 3 aromatic rings. The number of amides is 2. The minimum absolute atomic E-state index is 0.0237. The van der Waals surface area contributed by atoms with Crippen LogP contribution in [0.4, 0.5) is 10.5 Å². The molecule has 0 radical (unpaired) electrons. The SMILES string of the molecule is O=C(Nc1ccccc1-n1cccn1)N1CCSCC1c1nccs1. The molecule has 4 rings (SSSR count). The number of benzene rings is 1. The van der Waals surface area contributed by atoms with Crippen molar-refractivity contribution in [2.24, 2.45) is 0 Å². The second-order valence-corrected chi connectivity index (χ2v) is 7.63. The van der Waals surface area contributed by atoms with E-state index in [9.17, 15) is 4.79 Å². The van der Waals surface area contributed by atoms with E-state index in [1.807, 2.05) is 58.6 Å². The number of aromatic nitrogens is 3. The number of carbonyl (C=O) groups is 1. The molecule has 8 heteroatoms. The summed E-state index contributed by atoms with van der Waals surface area (Å²) >= 11 is 3.46. The van der Waals surface area contributed by atoms with Crippen molar-refractivity contribution in [2.75, 3.05) is 23.4 Å². The summed E-state index contributed by atoms with van der Waals surface area (Å²) in [6.07, 6.45) is 5.38. The third kappa shape index (κ3) is 3.40. The highest BCUT2D eigenvalue weighted by molar-refractivity contribution is 7.99. The quantitative estimate of drug-likeness (QED) is 0.763. The van der Waals surface area contributed by atoms with Crippen molar-refractivity contribution < 1.29 is 4.79 Å². The summed E-state index contributed by atoms with van der Waals surface area (Å²) in [5.74, 6) is 1.82. The number of hydrogen-bond acceptors (Lipinski definition) is 5. The summed E-state index contributed by atoms with van der Waals surface area (Å²) < 4.78 is 1.75. The summed E-state index contributed by atoms with van der Waals surface area (Å²) in [5, 5.41) is 10.3. The standard InChI is InChI=1S/C17H17N5OS2/c23-17(21-9-11-24-12-15(21)16-18-7-10-25-16)20-13-4-1-2-5-14(13)22-8-3-6-19-22/h1-8,10,15H,9,11-12H2,(H,20,23). The molecule has 2 aromatic heterocycles. The average Bonchev–Trinajstić information content (AvgIpc) is 3.36. The molecule has 1 aromatic carbocycles. The molecule has 0 aliphatic carbocycles. The number of urea groups is 1. The fraction of sp³-hybridized carbons (Fsp3) is 0.235. The molecule has 0 bridgehead atoms. The summed E-state index contributed by atoms with van der Waals surface area (Å²) in [6, 6.07) is 9.46. The molecule has 0 spiro atoms. The van der Waals surface area contributed by atoms with Crippen LogP contribution in [0.2, 0.25) is 0 Å². The van der Waals surface area contributed by atoms with Crippen LogP contribution in [0.1, 0.15) is 11.0 Å². The third-order valence-electron chi connectivity index (χ3n) is 4.02. The smallest absolute Gasteiger partial charge is 0.313 e. The lowest BCUT2D eigenvalue weighted by atomic mass is 10.2. The molecule has 1 atom stereocenters. The lowest BCUT2D eigenvalue weighted by molar-refractivity contribution is 0.196. The normalized spacial score (nSPS) is 17.4. The van der Waals surface area contributed by atoms with Crippen LogP contribution in [0, 0.1) is 0 Å². The molecule has 1 aliphatic heterocycles. The fourth-order valence-electron chi connectivity index (χ4n) is 2.83. The summed E-state index contributed by atoms with van der Waals surface area (Å²) in [7, 11) is 0. The van der Waals surface area contributed by atoms with Crippen molar-refractivity contribution in [3.63, 3.8) is 0 Å². The van der Waals surface area contributed by atoms with Crippen LogP contribution < -0.4 is 5.32 Å². The van der Waals surface area contributed by atoms with E-state index in [-0.39, 0.29) is 12.1 Å². The minimum Gasteiger partial charge on any atom is -0.313 e. The van der Waals surface area contributed by atoms with E-state index < -0.39 is 0 Å². The van der Waals surface area contributed by atoms with Crippen LogP contribution in [-0.4, -0.2) is 43.7 Å². The van der Waals surface area contributed by atoms with Gasteiger partial charge in [-0.2, -0.15) is 16.9 Å². The van der Waals surface area contributed by atoms with Gasteiger partial charge in [0.1, 0.15) is 5.01 Å². The van der Waals surface area contributed by atoms with Crippen LogP contribution in [0.3, 0.4) is 0 Å². The van der Waals surface area contributed by atoms with Gasteiger partial charge in [-0.05, 0) is 18.2 Å². The number of para-hydroxylation sites is 2. The molecular formula is C17H17N5OS2. The van der Waals surface area contributed by atoms with Crippen molar-refractivity contribution in [3.05, 3.63) is 59.3 Å². The molecule has 25 heavy (non-hydrogen) atoms. The highest BCUT2D eigenvalue weighted by Gasteiger charge is 2.30. The van der Waals surface area contributed by atoms with Crippen LogP contribution in [-0.2, 0) is 0 Å². The molecule has 3 heterocycles. The lowest BCUT2D eigenvalue weighted by Crippen LogP contribution is -2.43. The van der Waals surface area contributed by atoms with Gasteiger partial charge in [-0.3, -0.25) is 0 Å². The van der Waals surface area contributed by atoms with E-state index in [0.29, 0.717) is 6.54 Å². The number of thiazole rings is 1. The first-order chi connectivity index (χ1) is 12.3. The van der Waals surface area contributed by atoms with Crippen molar-refractivity contribution in [3.8, 4) is 5.69 Å². The van der Waals surface area contributed by atoms with E-state index >= 15 is 0 Å². The Hall–Kier alpha value is -2.32. The summed E-state index contributed by atoms with van der Waals surface area (Å²) in [6.45, 7) is 0.713. The minimum atomic E-state index is -0.0971. The zero-order valence-corrected chi connectivity index (χ0v) is 15.0. The molecule has 1 N–H and O–H groups in total. The zero-order valence-electron chi connectivity index (χ0n) is 13.4. The second kappa shape index (κ2) is 7.28. The van der Waals surface area contributed by atoms with Gasteiger partial charge in [0.2, 0.25) is 0 Å². The number of anilines is 1. The molecule has 1 saturated heterocycles. The molecule has 128 valence electrons. The number of rotatable bonds is 3. The zero-order chi connectivity index (χ0) is 17.1.